The summed E-state index contributed by atoms with van der Waals surface area (Å²) in [6, 6.07) is 3.58. The Hall–Kier alpha value is -1.43. The van der Waals surface area contributed by atoms with Crippen LogP contribution < -0.4 is 11.1 Å². The smallest absolute Gasteiger partial charge is 0.421 e. The summed E-state index contributed by atoms with van der Waals surface area (Å²) in [5, 5.41) is 11.6. The molecule has 0 amide bonds. The van der Waals surface area contributed by atoms with Gasteiger partial charge in [-0.3, -0.25) is 0 Å². The van der Waals surface area contributed by atoms with Crippen molar-refractivity contribution in [2.75, 3.05) is 18.4 Å². The number of hydrogen-bond donors (Lipinski definition) is 3. The van der Waals surface area contributed by atoms with E-state index in [1.807, 2.05) is 0 Å². The predicted octanol–water partition coefficient (Wildman–Crippen LogP) is 1.78. The van der Waals surface area contributed by atoms with E-state index in [2.05, 4.69) is 5.32 Å². The minimum absolute atomic E-state index is 0.159. The van der Waals surface area contributed by atoms with Crippen molar-refractivity contribution >= 4 is 5.69 Å². The van der Waals surface area contributed by atoms with Crippen LogP contribution in [0.4, 0.5) is 18.9 Å². The van der Waals surface area contributed by atoms with E-state index in [4.69, 9.17) is 10.8 Å². The number of aromatic hydroxyl groups is 1. The summed E-state index contributed by atoms with van der Waals surface area (Å²) < 4.78 is 37.5. The van der Waals surface area contributed by atoms with E-state index in [9.17, 15) is 13.2 Å². The second kappa shape index (κ2) is 4.39. The van der Waals surface area contributed by atoms with Crippen molar-refractivity contribution in [1.82, 2.24) is 0 Å². The molecule has 6 heteroatoms. The molecule has 0 aliphatic rings. The summed E-state index contributed by atoms with van der Waals surface area (Å²) in [6.07, 6.45) is -4.58. The van der Waals surface area contributed by atoms with Gasteiger partial charge in [-0.1, -0.05) is 6.07 Å². The first-order valence-electron chi connectivity index (χ1n) is 4.30. The van der Waals surface area contributed by atoms with Crippen molar-refractivity contribution in [3.8, 4) is 5.75 Å². The second-order valence-corrected chi connectivity index (χ2v) is 2.91. The molecule has 1 rings (SSSR count). The van der Waals surface area contributed by atoms with Gasteiger partial charge in [0.25, 0.3) is 0 Å². The van der Waals surface area contributed by atoms with E-state index in [-0.39, 0.29) is 18.8 Å². The molecule has 0 bridgehead atoms. The number of benzene rings is 1. The van der Waals surface area contributed by atoms with Crippen LogP contribution in [0.2, 0.25) is 0 Å². The predicted molar refractivity (Wildman–Crippen MR) is 50.7 cm³/mol. The number of hydrogen-bond acceptors (Lipinski definition) is 3. The third-order valence-electron chi connectivity index (χ3n) is 1.79. The first-order chi connectivity index (χ1) is 6.96. The number of phenolic OH excluding ortho intramolecular Hbond substituents is 1. The van der Waals surface area contributed by atoms with Gasteiger partial charge >= 0.3 is 6.18 Å². The van der Waals surface area contributed by atoms with E-state index in [1.165, 1.54) is 12.1 Å². The zero-order chi connectivity index (χ0) is 11.5. The third kappa shape index (κ3) is 2.76. The largest absolute Gasteiger partial charge is 0.507 e. The molecule has 0 unspecified atom stereocenters. The highest BCUT2D eigenvalue weighted by atomic mass is 19.4. The van der Waals surface area contributed by atoms with Gasteiger partial charge < -0.3 is 16.2 Å². The zero-order valence-electron chi connectivity index (χ0n) is 7.80. The Morgan fingerprint density at radius 3 is 2.53 bits per heavy atom. The number of halogens is 3. The maximum Gasteiger partial charge on any atom is 0.421 e. The van der Waals surface area contributed by atoms with E-state index in [0.29, 0.717) is 0 Å². The fourth-order valence-electron chi connectivity index (χ4n) is 1.19. The quantitative estimate of drug-likeness (QED) is 0.727. The van der Waals surface area contributed by atoms with Crippen LogP contribution in [0.25, 0.3) is 0 Å². The van der Waals surface area contributed by atoms with Gasteiger partial charge in [0.2, 0.25) is 0 Å². The molecule has 4 N–H and O–H groups in total. The van der Waals surface area contributed by atoms with Crippen molar-refractivity contribution in [3.05, 3.63) is 23.8 Å². The maximum atomic E-state index is 12.5. The van der Waals surface area contributed by atoms with Gasteiger partial charge in [0, 0.05) is 13.1 Å². The topological polar surface area (TPSA) is 58.3 Å². The van der Waals surface area contributed by atoms with Gasteiger partial charge in [0.15, 0.2) is 0 Å². The highest BCUT2D eigenvalue weighted by molar-refractivity contribution is 5.58. The van der Waals surface area contributed by atoms with Crippen LogP contribution in [0.3, 0.4) is 0 Å². The monoisotopic (exact) mass is 220 g/mol. The van der Waals surface area contributed by atoms with Crippen molar-refractivity contribution in [1.29, 1.82) is 0 Å². The molecule has 0 aliphatic carbocycles. The summed E-state index contributed by atoms with van der Waals surface area (Å²) in [6.45, 7) is 0.430. The Labute approximate surface area is 84.7 Å². The first-order valence-corrected chi connectivity index (χ1v) is 4.30. The van der Waals surface area contributed by atoms with Crippen molar-refractivity contribution in [2.24, 2.45) is 5.73 Å². The molecule has 0 saturated heterocycles. The minimum Gasteiger partial charge on any atom is -0.507 e. The fourth-order valence-corrected chi connectivity index (χ4v) is 1.19. The third-order valence-corrected chi connectivity index (χ3v) is 1.79. The molecular formula is C9H11F3N2O. The first kappa shape index (κ1) is 11.6. The summed E-state index contributed by atoms with van der Waals surface area (Å²) in [7, 11) is 0. The molecule has 0 fully saturated rings. The fraction of sp³-hybridized carbons (Fsp3) is 0.333. The van der Waals surface area contributed by atoms with Crippen LogP contribution in [0.5, 0.6) is 5.75 Å². The maximum absolute atomic E-state index is 12.5. The Bertz CT molecular complexity index is 339. The van der Waals surface area contributed by atoms with E-state index < -0.39 is 17.5 Å². The number of rotatable bonds is 3. The van der Waals surface area contributed by atoms with Crippen LogP contribution in [0.1, 0.15) is 5.56 Å². The molecular weight excluding hydrogens is 209 g/mol. The number of anilines is 1. The SMILES string of the molecule is NCCNc1cccc(O)c1C(F)(F)F. The van der Waals surface area contributed by atoms with E-state index in [0.717, 1.165) is 6.07 Å². The highest BCUT2D eigenvalue weighted by Crippen LogP contribution is 2.40. The summed E-state index contributed by atoms with van der Waals surface area (Å²) in [5.41, 5.74) is 3.95. The number of nitrogens with one attached hydrogen (secondary N) is 1. The number of nitrogens with two attached hydrogens (primary N) is 1. The van der Waals surface area contributed by atoms with Crippen LogP contribution in [0.15, 0.2) is 18.2 Å². The van der Waals surface area contributed by atoms with Crippen LogP contribution >= 0.6 is 0 Å². The van der Waals surface area contributed by atoms with Crippen LogP contribution in [0, 0.1) is 0 Å². The Morgan fingerprint density at radius 1 is 1.33 bits per heavy atom. The van der Waals surface area contributed by atoms with Gasteiger partial charge in [0.05, 0.1) is 5.69 Å². The zero-order valence-corrected chi connectivity index (χ0v) is 7.80. The summed E-state index contributed by atoms with van der Waals surface area (Å²) in [5.74, 6) is -0.787. The lowest BCUT2D eigenvalue weighted by molar-refractivity contribution is -0.138. The Morgan fingerprint density at radius 2 is 2.00 bits per heavy atom. The molecule has 0 aliphatic heterocycles. The molecule has 0 heterocycles. The molecule has 1 aromatic rings. The lowest BCUT2D eigenvalue weighted by atomic mass is 10.1. The highest BCUT2D eigenvalue weighted by Gasteiger charge is 2.36. The van der Waals surface area contributed by atoms with Gasteiger partial charge in [0.1, 0.15) is 11.3 Å². The minimum atomic E-state index is -4.58. The molecule has 15 heavy (non-hydrogen) atoms. The molecule has 0 aromatic heterocycles. The second-order valence-electron chi connectivity index (χ2n) is 2.91. The Kier molecular flexibility index (Phi) is 3.41. The van der Waals surface area contributed by atoms with Gasteiger partial charge in [-0.15, -0.1) is 0 Å². The Balaban J connectivity index is 3.09. The average molecular weight is 220 g/mol. The van der Waals surface area contributed by atoms with Gasteiger partial charge in [-0.25, -0.2) is 0 Å². The molecule has 0 atom stereocenters. The van der Waals surface area contributed by atoms with Gasteiger partial charge in [-0.2, -0.15) is 13.2 Å². The summed E-state index contributed by atoms with van der Waals surface area (Å²) >= 11 is 0. The van der Waals surface area contributed by atoms with Crippen LogP contribution in [-0.2, 0) is 6.18 Å². The van der Waals surface area contributed by atoms with E-state index in [1.54, 1.807) is 0 Å². The summed E-state index contributed by atoms with van der Waals surface area (Å²) in [4.78, 5) is 0. The molecule has 84 valence electrons. The lowest BCUT2D eigenvalue weighted by Gasteiger charge is -2.15. The van der Waals surface area contributed by atoms with Gasteiger partial charge in [-0.05, 0) is 12.1 Å². The number of alkyl halides is 3. The molecule has 0 saturated carbocycles. The van der Waals surface area contributed by atoms with Crippen molar-refractivity contribution in [2.45, 2.75) is 6.18 Å². The normalized spacial score (nSPS) is 11.5. The number of phenols is 1. The van der Waals surface area contributed by atoms with Crippen LogP contribution in [-0.4, -0.2) is 18.2 Å². The van der Waals surface area contributed by atoms with Crippen molar-refractivity contribution in [3.63, 3.8) is 0 Å². The molecule has 0 radical (unpaired) electrons. The molecule has 1 aromatic carbocycles. The molecule has 3 nitrogen and oxygen atoms in total. The van der Waals surface area contributed by atoms with E-state index >= 15 is 0 Å². The standard InChI is InChI=1S/C9H11F3N2O/c10-9(11,12)8-6(14-5-4-13)2-1-3-7(8)15/h1-3,14-15H,4-5,13H2. The van der Waals surface area contributed by atoms with Crippen molar-refractivity contribution < 1.29 is 18.3 Å². The molecule has 0 spiro atoms. The lowest BCUT2D eigenvalue weighted by Crippen LogP contribution is -2.16. The average Bonchev–Trinajstić information content (AvgIpc) is 2.12.